The van der Waals surface area contributed by atoms with Crippen molar-refractivity contribution in [1.29, 1.82) is 0 Å². The minimum atomic E-state index is -4.69. The third-order valence-corrected chi connectivity index (χ3v) is 6.68. The van der Waals surface area contributed by atoms with Gasteiger partial charge in [-0.2, -0.15) is 13.2 Å². The number of halogens is 4. The highest BCUT2D eigenvalue weighted by Crippen LogP contribution is 2.71. The fourth-order valence-electron chi connectivity index (χ4n) is 4.41. The summed E-state index contributed by atoms with van der Waals surface area (Å²) in [5.74, 6) is -1.93. The minimum absolute atomic E-state index is 0.130. The summed E-state index contributed by atoms with van der Waals surface area (Å²) in [6, 6.07) is 15.3. The van der Waals surface area contributed by atoms with Gasteiger partial charge in [-0.25, -0.2) is 0 Å². The predicted octanol–water partition coefficient (Wildman–Crippen LogP) is 6.62. The van der Waals surface area contributed by atoms with E-state index in [1.807, 2.05) is 55.5 Å². The summed E-state index contributed by atoms with van der Waals surface area (Å²) in [7, 11) is 0. The number of allylic oxidation sites excluding steroid dienone is 2. The summed E-state index contributed by atoms with van der Waals surface area (Å²) < 4.78 is 38.8. The summed E-state index contributed by atoms with van der Waals surface area (Å²) >= 11 is 5.43. The second-order valence-corrected chi connectivity index (χ2v) is 8.53. The second-order valence-electron chi connectivity index (χ2n) is 8.12. The van der Waals surface area contributed by atoms with E-state index in [-0.39, 0.29) is 6.42 Å². The molecule has 0 heterocycles. The van der Waals surface area contributed by atoms with E-state index < -0.39 is 33.9 Å². The van der Waals surface area contributed by atoms with Gasteiger partial charge >= 0.3 is 12.1 Å². The first kappa shape index (κ1) is 21.4. The molecule has 2 aromatic rings. The van der Waals surface area contributed by atoms with Crippen molar-refractivity contribution in [2.24, 2.45) is 16.7 Å². The SMILES string of the molecule is Cc1c(CC2(C(=O)O)C(/C=C(\Cl)C(F)(F)F)C2(C)C)cccc1-c1ccccc1. The lowest BCUT2D eigenvalue weighted by Gasteiger charge is -2.19. The maximum Gasteiger partial charge on any atom is 0.426 e. The van der Waals surface area contributed by atoms with Crippen molar-refractivity contribution in [3.8, 4) is 11.1 Å². The van der Waals surface area contributed by atoms with Crippen LogP contribution >= 0.6 is 11.6 Å². The van der Waals surface area contributed by atoms with Gasteiger partial charge in [0.15, 0.2) is 0 Å². The molecule has 0 spiro atoms. The van der Waals surface area contributed by atoms with Crippen molar-refractivity contribution in [2.75, 3.05) is 0 Å². The number of hydrogen-bond donors (Lipinski definition) is 1. The Labute approximate surface area is 173 Å². The molecule has 0 amide bonds. The van der Waals surface area contributed by atoms with Crippen molar-refractivity contribution in [3.05, 3.63) is 70.8 Å². The molecule has 1 N–H and O–H groups in total. The molecule has 6 heteroatoms. The van der Waals surface area contributed by atoms with Crippen LogP contribution in [0.2, 0.25) is 0 Å². The van der Waals surface area contributed by atoms with Crippen LogP contribution in [0.3, 0.4) is 0 Å². The topological polar surface area (TPSA) is 37.3 Å². The number of aliphatic carboxylic acids is 1. The first-order chi connectivity index (χ1) is 13.4. The van der Waals surface area contributed by atoms with Crippen molar-refractivity contribution < 1.29 is 23.1 Å². The van der Waals surface area contributed by atoms with Crippen molar-refractivity contribution in [2.45, 2.75) is 33.4 Å². The van der Waals surface area contributed by atoms with Gasteiger partial charge in [0.2, 0.25) is 0 Å². The van der Waals surface area contributed by atoms with E-state index in [1.54, 1.807) is 13.8 Å². The Morgan fingerprint density at radius 1 is 1.14 bits per heavy atom. The summed E-state index contributed by atoms with van der Waals surface area (Å²) in [4.78, 5) is 12.3. The Morgan fingerprint density at radius 3 is 2.31 bits per heavy atom. The van der Waals surface area contributed by atoms with Crippen LogP contribution in [0.4, 0.5) is 13.2 Å². The molecule has 0 bridgehead atoms. The van der Waals surface area contributed by atoms with Gasteiger partial charge in [0, 0.05) is 5.92 Å². The number of benzene rings is 2. The zero-order chi connectivity index (χ0) is 21.6. The van der Waals surface area contributed by atoms with Gasteiger partial charge in [-0.3, -0.25) is 4.79 Å². The van der Waals surface area contributed by atoms with Gasteiger partial charge in [-0.15, -0.1) is 0 Å². The standard InChI is InChI=1S/C23H22ClF3O2/c1-14-16(10-7-11-17(14)15-8-5-4-6-9-15)13-22(20(28)29)18(21(22,2)3)12-19(24)23(25,26)27/h4-12,18H,13H2,1-3H3,(H,28,29)/b19-12-. The largest absolute Gasteiger partial charge is 0.481 e. The van der Waals surface area contributed by atoms with Crippen LogP contribution in [0, 0.1) is 23.7 Å². The van der Waals surface area contributed by atoms with E-state index in [0.717, 1.165) is 28.3 Å². The molecule has 1 aliphatic rings. The molecular weight excluding hydrogens is 401 g/mol. The lowest BCUT2D eigenvalue weighted by molar-refractivity contribution is -0.145. The monoisotopic (exact) mass is 422 g/mol. The smallest absolute Gasteiger partial charge is 0.426 e. The number of carboxylic acids is 1. The maximum atomic E-state index is 12.9. The molecule has 2 atom stereocenters. The molecule has 2 aromatic carbocycles. The number of hydrogen-bond acceptors (Lipinski definition) is 1. The van der Waals surface area contributed by atoms with E-state index in [4.69, 9.17) is 11.6 Å². The molecule has 0 radical (unpaired) electrons. The maximum absolute atomic E-state index is 12.9. The van der Waals surface area contributed by atoms with Crippen molar-refractivity contribution >= 4 is 17.6 Å². The molecule has 0 aromatic heterocycles. The van der Waals surface area contributed by atoms with Crippen LogP contribution < -0.4 is 0 Å². The van der Waals surface area contributed by atoms with Gasteiger partial charge in [0.05, 0.1) is 5.41 Å². The van der Waals surface area contributed by atoms with E-state index in [1.165, 1.54) is 0 Å². The average Bonchev–Trinajstić information content (AvgIpc) is 3.11. The molecule has 2 unspecified atom stereocenters. The third-order valence-electron chi connectivity index (χ3n) is 6.34. The lowest BCUT2D eigenvalue weighted by atomic mass is 9.85. The molecule has 1 fully saturated rings. The van der Waals surface area contributed by atoms with Crippen LogP contribution in [0.25, 0.3) is 11.1 Å². The molecular formula is C23H22ClF3O2. The zero-order valence-electron chi connectivity index (χ0n) is 16.3. The average molecular weight is 423 g/mol. The first-order valence-corrected chi connectivity index (χ1v) is 9.62. The summed E-state index contributed by atoms with van der Waals surface area (Å²) in [6.45, 7) is 5.27. The normalized spacial score (nSPS) is 23.7. The number of carbonyl (C=O) groups is 1. The number of carboxylic acid groups (broad SMARTS) is 1. The summed E-state index contributed by atoms with van der Waals surface area (Å²) in [5, 5.41) is 8.74. The molecule has 154 valence electrons. The van der Waals surface area contributed by atoms with E-state index >= 15 is 0 Å². The van der Waals surface area contributed by atoms with Gasteiger partial charge in [0.25, 0.3) is 0 Å². The second kappa shape index (κ2) is 7.21. The molecule has 2 nitrogen and oxygen atoms in total. The lowest BCUT2D eigenvalue weighted by Crippen LogP contribution is -2.25. The molecule has 29 heavy (non-hydrogen) atoms. The van der Waals surface area contributed by atoms with Crippen LogP contribution in [0.1, 0.15) is 25.0 Å². The Morgan fingerprint density at radius 2 is 1.76 bits per heavy atom. The van der Waals surface area contributed by atoms with E-state index in [9.17, 15) is 23.1 Å². The molecule has 3 rings (SSSR count). The van der Waals surface area contributed by atoms with E-state index in [0.29, 0.717) is 0 Å². The quantitative estimate of drug-likeness (QED) is 0.588. The van der Waals surface area contributed by atoms with Gasteiger partial charge in [0.1, 0.15) is 5.03 Å². The first-order valence-electron chi connectivity index (χ1n) is 9.24. The molecule has 0 saturated heterocycles. The number of alkyl halides is 3. The number of rotatable bonds is 5. The van der Waals surface area contributed by atoms with Gasteiger partial charge in [-0.05, 0) is 41.0 Å². The fourth-order valence-corrected chi connectivity index (χ4v) is 4.54. The summed E-state index contributed by atoms with van der Waals surface area (Å²) in [6.07, 6.45) is -3.69. The van der Waals surface area contributed by atoms with Crippen LogP contribution in [0.15, 0.2) is 59.6 Å². The Hall–Kier alpha value is -2.27. The van der Waals surface area contributed by atoms with Crippen molar-refractivity contribution in [1.82, 2.24) is 0 Å². The zero-order valence-corrected chi connectivity index (χ0v) is 17.1. The van der Waals surface area contributed by atoms with Crippen LogP contribution in [0.5, 0.6) is 0 Å². The highest BCUT2D eigenvalue weighted by molar-refractivity contribution is 6.30. The minimum Gasteiger partial charge on any atom is -0.481 e. The highest BCUT2D eigenvalue weighted by atomic mass is 35.5. The summed E-state index contributed by atoms with van der Waals surface area (Å²) in [5.41, 5.74) is 1.50. The van der Waals surface area contributed by atoms with Crippen molar-refractivity contribution in [3.63, 3.8) is 0 Å². The molecule has 1 saturated carbocycles. The molecule has 1 aliphatic carbocycles. The van der Waals surface area contributed by atoms with E-state index in [2.05, 4.69) is 0 Å². The molecule has 0 aliphatic heterocycles. The highest BCUT2D eigenvalue weighted by Gasteiger charge is 2.74. The Bertz CT molecular complexity index is 964. The van der Waals surface area contributed by atoms with Gasteiger partial charge < -0.3 is 5.11 Å². The Balaban J connectivity index is 2.02. The third kappa shape index (κ3) is 3.57. The predicted molar refractivity (Wildman–Crippen MR) is 108 cm³/mol. The Kier molecular flexibility index (Phi) is 5.33. The fraction of sp³-hybridized carbons (Fsp3) is 0.348. The van der Waals surface area contributed by atoms with Crippen LogP contribution in [-0.2, 0) is 11.2 Å². The van der Waals surface area contributed by atoms with Crippen LogP contribution in [-0.4, -0.2) is 17.3 Å². The van der Waals surface area contributed by atoms with Gasteiger partial charge in [-0.1, -0.05) is 80.1 Å².